The summed E-state index contributed by atoms with van der Waals surface area (Å²) < 4.78 is 68.8. The van der Waals surface area contributed by atoms with Crippen molar-refractivity contribution in [3.05, 3.63) is 29.8 Å². The standard InChI is InChI=1S/C11H12F3NO4S/c1-3-18-9-6-4-8(5-7-9)10(11(12,13)14)15-19-20(2,16)17/h4-7H,3H2,1-2H3/b15-10-. The predicted octanol–water partition coefficient (Wildman–Crippen LogP) is 2.33. The topological polar surface area (TPSA) is 65.0 Å². The fourth-order valence-electron chi connectivity index (χ4n) is 1.25. The zero-order valence-electron chi connectivity index (χ0n) is 10.6. The van der Waals surface area contributed by atoms with Crippen LogP contribution in [-0.4, -0.2) is 33.2 Å². The summed E-state index contributed by atoms with van der Waals surface area (Å²) in [6, 6.07) is 4.87. The molecule has 0 N–H and O–H groups in total. The first kappa shape index (κ1) is 16.3. The molecule has 0 radical (unpaired) electrons. The summed E-state index contributed by atoms with van der Waals surface area (Å²) in [4.78, 5) is 0. The number of rotatable bonds is 5. The monoisotopic (exact) mass is 311 g/mol. The van der Waals surface area contributed by atoms with Crippen molar-refractivity contribution in [3.8, 4) is 5.75 Å². The lowest BCUT2D eigenvalue weighted by Gasteiger charge is -2.10. The molecule has 0 unspecified atom stereocenters. The number of benzene rings is 1. The van der Waals surface area contributed by atoms with Gasteiger partial charge in [0.25, 0.3) is 0 Å². The molecule has 1 rings (SSSR count). The van der Waals surface area contributed by atoms with Crippen LogP contribution in [0.4, 0.5) is 13.2 Å². The van der Waals surface area contributed by atoms with Gasteiger partial charge in [-0.2, -0.15) is 21.6 Å². The predicted molar refractivity (Wildman–Crippen MR) is 66.1 cm³/mol. The minimum Gasteiger partial charge on any atom is -0.494 e. The molecule has 0 aliphatic carbocycles. The van der Waals surface area contributed by atoms with Gasteiger partial charge < -0.3 is 4.74 Å². The van der Waals surface area contributed by atoms with Crippen LogP contribution in [0.15, 0.2) is 29.4 Å². The van der Waals surface area contributed by atoms with Gasteiger partial charge in [0.2, 0.25) is 0 Å². The summed E-state index contributed by atoms with van der Waals surface area (Å²) in [6.07, 6.45) is -4.25. The van der Waals surface area contributed by atoms with Crippen molar-refractivity contribution in [2.24, 2.45) is 5.16 Å². The highest BCUT2D eigenvalue weighted by Gasteiger charge is 2.38. The first-order valence-electron chi connectivity index (χ1n) is 5.40. The molecule has 0 aliphatic heterocycles. The average molecular weight is 311 g/mol. The largest absolute Gasteiger partial charge is 0.494 e. The van der Waals surface area contributed by atoms with Gasteiger partial charge in [-0.3, -0.25) is 4.28 Å². The van der Waals surface area contributed by atoms with Crippen molar-refractivity contribution in [2.75, 3.05) is 12.9 Å². The lowest BCUT2D eigenvalue weighted by molar-refractivity contribution is -0.0596. The Morgan fingerprint density at radius 1 is 1.25 bits per heavy atom. The lowest BCUT2D eigenvalue weighted by atomic mass is 10.1. The summed E-state index contributed by atoms with van der Waals surface area (Å²) in [6.45, 7) is 2.10. The van der Waals surface area contributed by atoms with Crippen LogP contribution < -0.4 is 4.74 Å². The fraction of sp³-hybridized carbons (Fsp3) is 0.364. The maximum absolute atomic E-state index is 12.8. The molecular formula is C11H12F3NO4S. The number of oxime groups is 1. The Morgan fingerprint density at radius 3 is 2.20 bits per heavy atom. The number of nitrogens with zero attached hydrogens (tertiary/aromatic N) is 1. The highest BCUT2D eigenvalue weighted by molar-refractivity contribution is 7.85. The highest BCUT2D eigenvalue weighted by atomic mass is 32.2. The molecule has 0 atom stereocenters. The van der Waals surface area contributed by atoms with Crippen LogP contribution in [0.3, 0.4) is 0 Å². The van der Waals surface area contributed by atoms with E-state index in [1.807, 2.05) is 0 Å². The van der Waals surface area contributed by atoms with Crippen LogP contribution in [0.1, 0.15) is 12.5 Å². The van der Waals surface area contributed by atoms with E-state index in [9.17, 15) is 21.6 Å². The normalized spacial score (nSPS) is 13.2. The maximum atomic E-state index is 12.8. The minimum absolute atomic E-state index is 0.329. The Labute approximate surface area is 114 Å². The van der Waals surface area contributed by atoms with E-state index in [0.29, 0.717) is 18.6 Å². The minimum atomic E-state index is -4.85. The summed E-state index contributed by atoms with van der Waals surface area (Å²) in [5, 5.41) is 2.68. The molecule has 0 bridgehead atoms. The average Bonchev–Trinajstić information content (AvgIpc) is 2.28. The Balaban J connectivity index is 3.12. The van der Waals surface area contributed by atoms with E-state index in [-0.39, 0.29) is 5.56 Å². The Kier molecular flexibility index (Phi) is 4.98. The second-order valence-corrected chi connectivity index (χ2v) is 5.23. The van der Waals surface area contributed by atoms with Gasteiger partial charge in [0.05, 0.1) is 12.9 Å². The number of ether oxygens (including phenoxy) is 1. The highest BCUT2D eigenvalue weighted by Crippen LogP contribution is 2.24. The SMILES string of the molecule is CCOc1ccc(/C(=N/OS(C)(=O)=O)C(F)(F)F)cc1. The fourth-order valence-corrected chi connectivity index (χ4v) is 1.46. The van der Waals surface area contributed by atoms with E-state index in [1.54, 1.807) is 6.92 Å². The van der Waals surface area contributed by atoms with E-state index in [1.165, 1.54) is 12.1 Å². The van der Waals surface area contributed by atoms with Crippen LogP contribution in [0, 0.1) is 0 Å². The molecule has 0 aromatic heterocycles. The van der Waals surface area contributed by atoms with E-state index in [0.717, 1.165) is 12.1 Å². The van der Waals surface area contributed by atoms with E-state index in [2.05, 4.69) is 9.44 Å². The van der Waals surface area contributed by atoms with Gasteiger partial charge in [-0.05, 0) is 31.2 Å². The summed E-state index contributed by atoms with van der Waals surface area (Å²) in [5.41, 5.74) is -1.77. The molecule has 1 aromatic carbocycles. The van der Waals surface area contributed by atoms with E-state index >= 15 is 0 Å². The molecule has 0 saturated heterocycles. The molecule has 5 nitrogen and oxygen atoms in total. The zero-order chi connectivity index (χ0) is 15.4. The van der Waals surface area contributed by atoms with Crippen molar-refractivity contribution >= 4 is 15.8 Å². The van der Waals surface area contributed by atoms with Crippen molar-refractivity contribution in [1.29, 1.82) is 0 Å². The second-order valence-electron chi connectivity index (χ2n) is 3.67. The second kappa shape index (κ2) is 6.12. The molecule has 0 fully saturated rings. The number of hydrogen-bond donors (Lipinski definition) is 0. The van der Waals surface area contributed by atoms with Crippen LogP contribution in [-0.2, 0) is 14.4 Å². The molecule has 112 valence electrons. The first-order chi connectivity index (χ1) is 9.13. The Bertz CT molecular complexity index is 579. The summed E-state index contributed by atoms with van der Waals surface area (Å²) >= 11 is 0. The van der Waals surface area contributed by atoms with Crippen molar-refractivity contribution in [1.82, 2.24) is 0 Å². The van der Waals surface area contributed by atoms with Gasteiger partial charge in [-0.25, -0.2) is 0 Å². The van der Waals surface area contributed by atoms with Gasteiger partial charge in [-0.1, -0.05) is 5.16 Å². The van der Waals surface area contributed by atoms with Crippen molar-refractivity contribution in [2.45, 2.75) is 13.1 Å². The summed E-state index contributed by atoms with van der Waals surface area (Å²) in [7, 11) is -4.12. The molecule has 0 heterocycles. The summed E-state index contributed by atoms with van der Waals surface area (Å²) in [5.74, 6) is 0.391. The third-order valence-corrected chi connectivity index (χ3v) is 2.32. The number of alkyl halides is 3. The van der Waals surface area contributed by atoms with Crippen molar-refractivity contribution < 1.29 is 30.6 Å². The molecule has 0 amide bonds. The zero-order valence-corrected chi connectivity index (χ0v) is 11.5. The number of halogens is 3. The quantitative estimate of drug-likeness (QED) is 0.618. The molecule has 1 aromatic rings. The van der Waals surface area contributed by atoms with Crippen LogP contribution in [0.5, 0.6) is 5.75 Å². The van der Waals surface area contributed by atoms with Crippen LogP contribution >= 0.6 is 0 Å². The molecule has 20 heavy (non-hydrogen) atoms. The van der Waals surface area contributed by atoms with Gasteiger partial charge in [0, 0.05) is 5.56 Å². The lowest BCUT2D eigenvalue weighted by Crippen LogP contribution is -2.24. The number of hydrogen-bond acceptors (Lipinski definition) is 5. The third-order valence-electron chi connectivity index (χ3n) is 1.97. The van der Waals surface area contributed by atoms with Crippen LogP contribution in [0.2, 0.25) is 0 Å². The Hall–Kier alpha value is -1.77. The van der Waals surface area contributed by atoms with Crippen molar-refractivity contribution in [3.63, 3.8) is 0 Å². The molecule has 0 spiro atoms. The van der Waals surface area contributed by atoms with Gasteiger partial charge in [0.15, 0.2) is 5.71 Å². The molecule has 9 heteroatoms. The maximum Gasteiger partial charge on any atom is 0.437 e. The van der Waals surface area contributed by atoms with Gasteiger partial charge in [0.1, 0.15) is 5.75 Å². The van der Waals surface area contributed by atoms with E-state index < -0.39 is 22.0 Å². The Morgan fingerprint density at radius 2 is 1.80 bits per heavy atom. The molecule has 0 aliphatic rings. The first-order valence-corrected chi connectivity index (χ1v) is 7.22. The van der Waals surface area contributed by atoms with Gasteiger partial charge >= 0.3 is 16.3 Å². The molecular weight excluding hydrogens is 299 g/mol. The molecule has 0 saturated carbocycles. The van der Waals surface area contributed by atoms with Crippen LogP contribution in [0.25, 0.3) is 0 Å². The smallest absolute Gasteiger partial charge is 0.437 e. The van der Waals surface area contributed by atoms with E-state index in [4.69, 9.17) is 4.74 Å². The third kappa shape index (κ3) is 5.08. The van der Waals surface area contributed by atoms with Gasteiger partial charge in [-0.15, -0.1) is 0 Å².